The molecular weight excluding hydrogens is 1800 g/mol. The molecule has 0 saturated heterocycles. The fourth-order valence-corrected chi connectivity index (χ4v) is 15.0. The van der Waals surface area contributed by atoms with E-state index in [1.54, 1.807) is 132 Å². The first-order chi connectivity index (χ1) is 58.6. The third kappa shape index (κ3) is 34.7. The van der Waals surface area contributed by atoms with Crippen molar-refractivity contribution in [2.75, 3.05) is 30.5 Å². The van der Waals surface area contributed by atoms with Crippen LogP contribution in [0.5, 0.6) is 0 Å². The number of amides is 2. The largest absolute Gasteiger partial charge is 0.474 e. The molecule has 0 aliphatic carbocycles. The third-order valence-electron chi connectivity index (χ3n) is 18.4. The number of nitrogens with two attached hydrogens (primary N) is 2. The fraction of sp³-hybridized carbons (Fsp3) is 0.349. The van der Waals surface area contributed by atoms with Crippen molar-refractivity contribution in [3.05, 3.63) is 270 Å². The number of anilines is 1. The van der Waals surface area contributed by atoms with Crippen molar-refractivity contribution >= 4 is 126 Å². The van der Waals surface area contributed by atoms with Crippen molar-refractivity contribution < 1.29 is 89.1 Å². The van der Waals surface area contributed by atoms with E-state index in [4.69, 9.17) is 59.9 Å². The Hall–Kier alpha value is -10.5. The number of hydrogen-bond acceptors (Lipinski definition) is 21. The summed E-state index contributed by atoms with van der Waals surface area (Å²) in [6, 6.07) is 44.7. The van der Waals surface area contributed by atoms with Gasteiger partial charge in [0.05, 0.1) is 45.6 Å². The summed E-state index contributed by atoms with van der Waals surface area (Å²) in [5, 5.41) is 20.3. The predicted octanol–water partition coefficient (Wildman–Crippen LogP) is 15.0. The Bertz CT molecular complexity index is 6060. The second kappa shape index (κ2) is 46.3. The minimum Gasteiger partial charge on any atom is -0.443 e. The molecule has 3 unspecified atom stereocenters. The molecule has 6 N–H and O–H groups in total. The van der Waals surface area contributed by atoms with E-state index in [1.165, 1.54) is 42.7 Å². The van der Waals surface area contributed by atoms with E-state index in [-0.39, 0.29) is 78.2 Å². The van der Waals surface area contributed by atoms with Gasteiger partial charge in [0.25, 0.3) is 6.08 Å². The van der Waals surface area contributed by atoms with E-state index in [0.717, 1.165) is 67.0 Å². The Kier molecular flexibility index (Phi) is 38.3. The van der Waals surface area contributed by atoms with Gasteiger partial charge in [-0.25, -0.2) is 68.3 Å². The van der Waals surface area contributed by atoms with E-state index in [1.807, 2.05) is 121 Å². The molecule has 10 rings (SSSR count). The molecule has 0 aliphatic heterocycles. The van der Waals surface area contributed by atoms with E-state index >= 15 is 0 Å². The second-order valence-corrected chi connectivity index (χ2v) is 39.7. The van der Waals surface area contributed by atoms with Gasteiger partial charge in [0, 0.05) is 124 Å². The number of nitrogens with zero attached hydrogens (tertiary/aromatic N) is 9. The zero-order valence-corrected chi connectivity index (χ0v) is 78.0. The molecule has 126 heavy (non-hydrogen) atoms. The van der Waals surface area contributed by atoms with Gasteiger partial charge in [0.1, 0.15) is 46.0 Å². The molecule has 4 heterocycles. The number of rotatable bonds is 30. The number of hydrogen-bond donors (Lipinski definition) is 4. The number of nitrogens with one attached hydrogen (secondary N) is 2. The van der Waals surface area contributed by atoms with Crippen LogP contribution in [0.1, 0.15) is 167 Å². The van der Waals surface area contributed by atoms with Crippen molar-refractivity contribution in [2.24, 2.45) is 15.3 Å². The first-order valence-electron chi connectivity index (χ1n) is 38.9. The Morgan fingerprint density at radius 3 is 1.13 bits per heavy atom. The summed E-state index contributed by atoms with van der Waals surface area (Å²) in [6.07, 6.45) is 3.49. The number of aromatic nitrogens is 7. The monoisotopic (exact) mass is 1900 g/mol. The van der Waals surface area contributed by atoms with Crippen molar-refractivity contribution in [3.8, 4) is 17.1 Å². The Morgan fingerprint density at radius 2 is 0.841 bits per heavy atom. The van der Waals surface area contributed by atoms with Gasteiger partial charge in [-0.3, -0.25) is 14.4 Å². The number of carbonyl (C=O) groups excluding carboxylic acids is 6. The van der Waals surface area contributed by atoms with Gasteiger partial charge in [0.2, 0.25) is 20.0 Å². The van der Waals surface area contributed by atoms with Crippen LogP contribution in [-0.2, 0) is 107 Å². The minimum absolute atomic E-state index is 0.0138. The van der Waals surface area contributed by atoms with Crippen LogP contribution in [0.3, 0.4) is 0 Å². The maximum atomic E-state index is 14.8. The molecule has 678 valence electrons. The van der Waals surface area contributed by atoms with Crippen molar-refractivity contribution in [1.82, 2.24) is 38.8 Å². The molecule has 0 radical (unpaired) electrons. The maximum Gasteiger partial charge on any atom is 0.474 e. The van der Waals surface area contributed by atoms with Crippen LogP contribution in [0.25, 0.3) is 17.1 Å². The number of aryl methyl sites for hydroxylation is 8. The predicted molar refractivity (Wildman–Crippen MR) is 478 cm³/mol. The standard InChI is InChI=1S/C28H33ClFN3O5S.C23H25ClFN3O3S.C22H23ClFN3O.C12H19N3O4S.CClNO3S/c1-18-15-24(33(31-18)23-8-6-7-22(29)17-23)11-12-26(34)19(2)21-10-9-20(25(30)16-21)13-14-39(36,37)32-27(35)38-28(3,4)5;1-15-12-21(28(27-15)20-5-3-4-19(24)14-20)8-9-23(29)16(2)18-7-6-17(22(25)13-18)10-11-32(26,30)31;1-14-10-20(27(26-14)19-5-3-4-18(23)12-19)8-9-22(28)15(2)16-6-7-17(13-25)21(24)11-16;1-12(2,3)19-11(16)13-20(17,18)15-8-6-10(7-9-15)14(4)5;2-7(5,6)3-1-4/h6-10,15-17,19H,11-14H2,1-5H3,(H,32,35);3-7,12-14,16H,8-11H2,1-2H3,(H2,26,30,31);3-7,10-12,15H,8-9,13,25H2,1-2H3;6-9H,1-5H3;/p+1. The molecule has 0 spiro atoms. The fourth-order valence-electron chi connectivity index (χ4n) is 12.1. The van der Waals surface area contributed by atoms with Crippen LogP contribution in [-0.4, -0.2) is 135 Å². The number of carbonyl (C=O) groups is 5. The molecule has 6 aromatic carbocycles. The van der Waals surface area contributed by atoms with Crippen molar-refractivity contribution in [1.29, 1.82) is 0 Å². The van der Waals surface area contributed by atoms with Crippen LogP contribution in [0.2, 0.25) is 15.1 Å². The molecule has 3 atom stereocenters. The summed E-state index contributed by atoms with van der Waals surface area (Å²) < 4.78 is 155. The summed E-state index contributed by atoms with van der Waals surface area (Å²) in [7, 11) is -7.64. The number of primary sulfonamides is 1. The second-order valence-electron chi connectivity index (χ2n) is 31.1. The van der Waals surface area contributed by atoms with Crippen LogP contribution in [0, 0.1) is 38.2 Å². The highest BCUT2D eigenvalue weighted by atomic mass is 35.7. The average molecular weight is 1900 g/mol. The number of sulfonamides is 2. The number of ketones is 3. The normalized spacial score (nSPS) is 12.3. The number of halogens is 7. The van der Waals surface area contributed by atoms with Gasteiger partial charge in [-0.2, -0.15) is 28.4 Å². The van der Waals surface area contributed by atoms with Gasteiger partial charge in [0.15, 0.2) is 12.4 Å². The lowest BCUT2D eigenvalue weighted by atomic mass is 9.92. The highest BCUT2D eigenvalue weighted by Gasteiger charge is 2.30. The van der Waals surface area contributed by atoms with E-state index < -0.39 is 92.1 Å². The molecule has 0 saturated carbocycles. The van der Waals surface area contributed by atoms with Gasteiger partial charge in [-0.15, -0.1) is 8.42 Å². The van der Waals surface area contributed by atoms with Gasteiger partial charge < -0.3 is 20.1 Å². The Labute approximate surface area is 751 Å². The lowest BCUT2D eigenvalue weighted by Gasteiger charge is -2.19. The molecule has 10 aromatic rings. The van der Waals surface area contributed by atoms with Gasteiger partial charge >= 0.3 is 31.6 Å². The van der Waals surface area contributed by atoms with Crippen molar-refractivity contribution in [3.63, 3.8) is 0 Å². The molecule has 0 bridgehead atoms. The lowest BCUT2D eigenvalue weighted by molar-refractivity contribution is -0.512. The highest BCUT2D eigenvalue weighted by molar-refractivity contribution is 8.12. The summed E-state index contributed by atoms with van der Waals surface area (Å²) in [4.78, 5) is 72.6. The number of isocyanates is 1. The lowest BCUT2D eigenvalue weighted by Crippen LogP contribution is -2.52. The minimum atomic E-state index is -4.03. The third-order valence-corrected chi connectivity index (χ3v) is 22.8. The van der Waals surface area contributed by atoms with Crippen LogP contribution in [0.4, 0.5) is 28.4 Å². The Morgan fingerprint density at radius 1 is 0.508 bits per heavy atom. The molecule has 2 amide bonds. The quantitative estimate of drug-likeness (QED) is 0.0141. The number of ether oxygens (including phenoxy) is 2. The molecule has 40 heteroatoms. The molecular formula is C86H101Cl4F3N13O16S4+. The molecule has 4 aromatic heterocycles. The smallest absolute Gasteiger partial charge is 0.443 e. The van der Waals surface area contributed by atoms with E-state index in [9.17, 15) is 70.8 Å². The number of benzene rings is 6. The SMILES string of the molecule is CN(C)c1cc[n+](S(=O)(=O)NC(=O)OC(C)(C)C)cc1.Cc1cc(CCC(=O)C(C)c2ccc(CCS(=O)(=O)NC(=O)OC(C)(C)C)c(F)c2)n(-c2cccc(Cl)c2)n1.Cc1cc(CCC(=O)C(C)c2ccc(CCS(N)(=O)=O)c(F)c2)n(-c2cccc(Cl)c2)n1.Cc1cc(CCC(=O)C(C)c2ccc(CN)c(F)c2)n(-c2cccc(Cl)c2)n1.O=C=NS(=O)(=O)Cl. The van der Waals surface area contributed by atoms with Crippen LogP contribution >= 0.6 is 45.5 Å². The summed E-state index contributed by atoms with van der Waals surface area (Å²) in [5.74, 6) is -3.85. The van der Waals surface area contributed by atoms with Gasteiger partial charge in [-0.05, 0) is 213 Å². The first-order valence-corrected chi connectivity index (χ1v) is 47.1. The van der Waals surface area contributed by atoms with E-state index in [0.29, 0.717) is 63.0 Å². The zero-order chi connectivity index (χ0) is 94.1. The summed E-state index contributed by atoms with van der Waals surface area (Å²) >= 11 is 18.3. The molecule has 0 aliphatic rings. The van der Waals surface area contributed by atoms with E-state index in [2.05, 4.69) is 30.4 Å². The summed E-state index contributed by atoms with van der Waals surface area (Å²) in [5.41, 5.74) is 15.0. The topological polar surface area (TPSA) is 406 Å². The molecule has 29 nitrogen and oxygen atoms in total. The zero-order valence-electron chi connectivity index (χ0n) is 71.7. The summed E-state index contributed by atoms with van der Waals surface area (Å²) in [6.45, 7) is 20.8. The first kappa shape index (κ1) is 104. The van der Waals surface area contributed by atoms with Crippen LogP contribution in [0.15, 0.2) is 175 Å². The number of Topliss-reactive ketones (excluding diaryl/α,β-unsaturated/α-hetero) is 3. The van der Waals surface area contributed by atoms with Crippen molar-refractivity contribution in [2.45, 2.75) is 170 Å². The maximum absolute atomic E-state index is 14.8. The number of pyridine rings is 1. The Balaban J connectivity index is 0.000000258. The molecule has 0 fully saturated rings. The highest BCUT2D eigenvalue weighted by Crippen LogP contribution is 2.29. The van der Waals surface area contributed by atoms with Gasteiger partial charge in [-0.1, -0.05) is 119 Å². The average Bonchev–Trinajstić information content (AvgIpc) is 1.62. The van der Waals surface area contributed by atoms with Crippen LogP contribution < -0.4 is 29.2 Å².